The zero-order valence-electron chi connectivity index (χ0n) is 13.9. The van der Waals surface area contributed by atoms with E-state index in [0.29, 0.717) is 17.3 Å². The second-order valence-electron chi connectivity index (χ2n) is 7.13. The van der Waals surface area contributed by atoms with E-state index < -0.39 is 4.92 Å². The van der Waals surface area contributed by atoms with Crippen LogP contribution in [0.25, 0.3) is 0 Å². The van der Waals surface area contributed by atoms with Crippen molar-refractivity contribution >= 4 is 11.6 Å². The van der Waals surface area contributed by atoms with Crippen molar-refractivity contribution in [1.82, 2.24) is 15.1 Å². The van der Waals surface area contributed by atoms with Crippen LogP contribution in [0, 0.1) is 41.7 Å². The summed E-state index contributed by atoms with van der Waals surface area (Å²) in [6.07, 6.45) is 5.17. The fourth-order valence-electron chi connectivity index (χ4n) is 4.55. The Hall–Kier alpha value is -1.92. The molecule has 1 heterocycles. The van der Waals surface area contributed by atoms with Gasteiger partial charge in [-0.15, -0.1) is 0 Å². The molecule has 0 radical (unpaired) electrons. The molecule has 7 nitrogen and oxygen atoms in total. The van der Waals surface area contributed by atoms with Crippen LogP contribution in [-0.4, -0.2) is 26.7 Å². The van der Waals surface area contributed by atoms with Crippen molar-refractivity contribution in [2.45, 2.75) is 59.0 Å². The van der Waals surface area contributed by atoms with E-state index in [1.54, 1.807) is 13.8 Å². The highest BCUT2D eigenvalue weighted by molar-refractivity contribution is 5.76. The van der Waals surface area contributed by atoms with Crippen molar-refractivity contribution in [1.29, 1.82) is 0 Å². The molecule has 0 aromatic carbocycles. The summed E-state index contributed by atoms with van der Waals surface area (Å²) in [4.78, 5) is 22.9. The zero-order valence-corrected chi connectivity index (χ0v) is 13.9. The minimum absolute atomic E-state index is 0.000971. The van der Waals surface area contributed by atoms with Crippen LogP contribution in [0.5, 0.6) is 0 Å². The minimum atomic E-state index is -0.441. The molecule has 0 unspecified atom stereocenters. The van der Waals surface area contributed by atoms with Crippen molar-refractivity contribution < 1.29 is 9.72 Å². The monoisotopic (exact) mass is 320 g/mol. The molecule has 1 aromatic rings. The van der Waals surface area contributed by atoms with Crippen molar-refractivity contribution in [2.75, 3.05) is 0 Å². The second-order valence-corrected chi connectivity index (χ2v) is 7.13. The van der Waals surface area contributed by atoms with Crippen molar-refractivity contribution in [3.63, 3.8) is 0 Å². The Labute approximate surface area is 135 Å². The molecule has 2 saturated carbocycles. The summed E-state index contributed by atoms with van der Waals surface area (Å²) in [6.45, 7) is 5.33. The number of hydrogen-bond donors (Lipinski definition) is 1. The smallest absolute Gasteiger partial charge is 0.312 e. The third-order valence-corrected chi connectivity index (χ3v) is 5.64. The van der Waals surface area contributed by atoms with Gasteiger partial charge >= 0.3 is 5.69 Å². The number of nitrogens with one attached hydrogen (secondary N) is 1. The van der Waals surface area contributed by atoms with Crippen LogP contribution in [0.4, 0.5) is 5.69 Å². The summed E-state index contributed by atoms with van der Waals surface area (Å²) in [5.41, 5.74) is 0.774. The molecular formula is C16H24N4O3. The highest BCUT2D eigenvalue weighted by Crippen LogP contribution is 2.49. The Balaban J connectivity index is 1.61. The van der Waals surface area contributed by atoms with E-state index in [1.807, 2.05) is 0 Å². The quantitative estimate of drug-likeness (QED) is 0.666. The molecule has 23 heavy (non-hydrogen) atoms. The highest BCUT2D eigenvalue weighted by atomic mass is 16.6. The van der Waals surface area contributed by atoms with Crippen LogP contribution < -0.4 is 5.32 Å². The van der Waals surface area contributed by atoms with E-state index in [1.165, 1.54) is 30.4 Å². The number of nitro groups is 1. The second kappa shape index (κ2) is 5.94. The Morgan fingerprint density at radius 2 is 2.17 bits per heavy atom. The summed E-state index contributed by atoms with van der Waals surface area (Å²) in [6, 6.07) is 0.157. The van der Waals surface area contributed by atoms with Crippen molar-refractivity contribution in [2.24, 2.45) is 17.8 Å². The van der Waals surface area contributed by atoms with Gasteiger partial charge in [-0.25, -0.2) is 0 Å². The first-order valence-corrected chi connectivity index (χ1v) is 8.34. The predicted molar refractivity (Wildman–Crippen MR) is 84.9 cm³/mol. The van der Waals surface area contributed by atoms with E-state index >= 15 is 0 Å². The first-order valence-electron chi connectivity index (χ1n) is 8.34. The molecule has 2 bridgehead atoms. The average molecular weight is 320 g/mol. The Kier molecular flexibility index (Phi) is 4.12. The summed E-state index contributed by atoms with van der Waals surface area (Å²) in [5.74, 6) is 2.06. The molecule has 0 spiro atoms. The largest absolute Gasteiger partial charge is 0.352 e. The lowest BCUT2D eigenvalue weighted by Gasteiger charge is -2.28. The molecule has 3 rings (SSSR count). The lowest BCUT2D eigenvalue weighted by Crippen LogP contribution is -2.41. The van der Waals surface area contributed by atoms with Gasteiger partial charge in [0.2, 0.25) is 5.91 Å². The van der Waals surface area contributed by atoms with Crippen LogP contribution in [0.15, 0.2) is 0 Å². The Morgan fingerprint density at radius 3 is 2.70 bits per heavy atom. The molecule has 0 saturated heterocycles. The van der Waals surface area contributed by atoms with Gasteiger partial charge in [-0.1, -0.05) is 6.42 Å². The SMILES string of the molecule is Cc1nn(CC(=O)N[C@H](C)[C@H]2C[C@H]3CC[C@H]2C3)c(C)c1[N+](=O)[O-]. The van der Waals surface area contributed by atoms with Gasteiger partial charge in [-0.2, -0.15) is 5.10 Å². The van der Waals surface area contributed by atoms with Gasteiger partial charge in [0, 0.05) is 6.04 Å². The van der Waals surface area contributed by atoms with E-state index in [0.717, 1.165) is 11.8 Å². The number of aromatic nitrogens is 2. The number of nitrogens with zero attached hydrogens (tertiary/aromatic N) is 3. The van der Waals surface area contributed by atoms with Crippen LogP contribution in [0.1, 0.15) is 44.0 Å². The molecule has 2 aliphatic carbocycles. The third kappa shape index (κ3) is 2.96. The lowest BCUT2D eigenvalue weighted by atomic mass is 9.84. The van der Waals surface area contributed by atoms with E-state index in [2.05, 4.69) is 17.3 Å². The average Bonchev–Trinajstić information content (AvgIpc) is 3.14. The fraction of sp³-hybridized carbons (Fsp3) is 0.750. The summed E-state index contributed by atoms with van der Waals surface area (Å²) in [5, 5.41) is 18.2. The molecule has 4 atom stereocenters. The van der Waals surface area contributed by atoms with Crippen LogP contribution >= 0.6 is 0 Å². The normalized spacial score (nSPS) is 27.2. The lowest BCUT2D eigenvalue weighted by molar-refractivity contribution is -0.386. The van der Waals surface area contributed by atoms with Gasteiger partial charge in [-0.05, 0) is 57.8 Å². The van der Waals surface area contributed by atoms with Gasteiger partial charge in [0.25, 0.3) is 0 Å². The van der Waals surface area contributed by atoms with Crippen LogP contribution in [0.2, 0.25) is 0 Å². The van der Waals surface area contributed by atoms with Crippen LogP contribution in [-0.2, 0) is 11.3 Å². The van der Waals surface area contributed by atoms with Gasteiger partial charge in [0.15, 0.2) is 0 Å². The molecule has 0 aliphatic heterocycles. The zero-order chi connectivity index (χ0) is 16.7. The number of hydrogen-bond acceptors (Lipinski definition) is 4. The Morgan fingerprint density at radius 1 is 1.43 bits per heavy atom. The van der Waals surface area contributed by atoms with Crippen LogP contribution in [0.3, 0.4) is 0 Å². The standard InChI is InChI=1S/C16H24N4O3/c1-9(14-7-12-4-5-13(14)6-12)17-15(21)8-19-11(3)16(20(22)23)10(2)18-19/h9,12-14H,4-8H2,1-3H3,(H,17,21)/t9-,12+,13+,14-/m1/s1. The van der Waals surface area contributed by atoms with E-state index in [-0.39, 0.29) is 24.2 Å². The third-order valence-electron chi connectivity index (χ3n) is 5.64. The Bertz CT molecular complexity index is 640. The summed E-state index contributed by atoms with van der Waals surface area (Å²) in [7, 11) is 0. The van der Waals surface area contributed by atoms with Gasteiger partial charge in [0.1, 0.15) is 17.9 Å². The predicted octanol–water partition coefficient (Wildman–Crippen LogP) is 2.35. The van der Waals surface area contributed by atoms with Crippen molar-refractivity contribution in [3.05, 3.63) is 21.5 Å². The molecule has 1 N–H and O–H groups in total. The molecule has 2 aliphatic rings. The topological polar surface area (TPSA) is 90.1 Å². The van der Waals surface area contributed by atoms with Crippen molar-refractivity contribution in [3.8, 4) is 0 Å². The molecule has 1 aromatic heterocycles. The molecule has 2 fully saturated rings. The summed E-state index contributed by atoms with van der Waals surface area (Å²) >= 11 is 0. The first-order chi connectivity index (χ1) is 10.9. The maximum atomic E-state index is 12.3. The first kappa shape index (κ1) is 16.0. The van der Waals surface area contributed by atoms with Gasteiger partial charge in [-0.3, -0.25) is 19.6 Å². The molecule has 126 valence electrons. The van der Waals surface area contributed by atoms with Gasteiger partial charge < -0.3 is 5.32 Å². The maximum Gasteiger partial charge on any atom is 0.312 e. The van der Waals surface area contributed by atoms with Gasteiger partial charge in [0.05, 0.1) is 4.92 Å². The number of fused-ring (bicyclic) bond motifs is 2. The number of amides is 1. The molecule has 1 amide bonds. The molecule has 7 heteroatoms. The maximum absolute atomic E-state index is 12.3. The van der Waals surface area contributed by atoms with E-state index in [4.69, 9.17) is 0 Å². The fourth-order valence-corrected chi connectivity index (χ4v) is 4.55. The number of rotatable bonds is 5. The summed E-state index contributed by atoms with van der Waals surface area (Å²) < 4.78 is 1.43. The highest BCUT2D eigenvalue weighted by Gasteiger charge is 2.42. The number of carbonyl (C=O) groups is 1. The minimum Gasteiger partial charge on any atom is -0.352 e. The number of aryl methyl sites for hydroxylation is 1. The number of carbonyl (C=O) groups excluding carboxylic acids is 1. The molecular weight excluding hydrogens is 296 g/mol. The van der Waals surface area contributed by atoms with E-state index in [9.17, 15) is 14.9 Å².